The van der Waals surface area contributed by atoms with E-state index in [9.17, 15) is 0 Å². The lowest BCUT2D eigenvalue weighted by Crippen LogP contribution is -2.10. The Morgan fingerprint density at radius 3 is 2.56 bits per heavy atom. The van der Waals surface area contributed by atoms with Crippen LogP contribution in [0.15, 0.2) is 84.6 Å². The van der Waals surface area contributed by atoms with Gasteiger partial charge < -0.3 is 0 Å². The van der Waals surface area contributed by atoms with Crippen LogP contribution in [0.1, 0.15) is 105 Å². The Balaban J connectivity index is 2.48. The van der Waals surface area contributed by atoms with Crippen molar-refractivity contribution in [3.05, 3.63) is 84.6 Å². The average molecular weight is 509 g/mol. The fourth-order valence-corrected chi connectivity index (χ4v) is 5.95. The van der Waals surface area contributed by atoms with E-state index in [1.165, 1.54) is 42.4 Å². The highest BCUT2D eigenvalue weighted by atomic mass is 32.1. The highest BCUT2D eigenvalue weighted by Crippen LogP contribution is 2.28. The van der Waals surface area contributed by atoms with Crippen LogP contribution >= 0.6 is 12.6 Å². The van der Waals surface area contributed by atoms with Gasteiger partial charge in [0.15, 0.2) is 0 Å². The van der Waals surface area contributed by atoms with Crippen LogP contribution in [0.25, 0.3) is 0 Å². The first kappa shape index (κ1) is 32.6. The summed E-state index contributed by atoms with van der Waals surface area (Å²) in [6.45, 7) is 19.9. The molecule has 0 saturated carbocycles. The molecule has 0 N–H and O–H groups in total. The lowest BCUT2D eigenvalue weighted by atomic mass is 9.83. The van der Waals surface area contributed by atoms with Crippen molar-refractivity contribution in [3.63, 3.8) is 0 Å². The monoisotopic (exact) mass is 508 g/mol. The van der Waals surface area contributed by atoms with Crippen molar-refractivity contribution in [3.8, 4) is 0 Å². The number of allylic oxidation sites excluding steroid dienone is 12. The second-order valence-electron chi connectivity index (χ2n) is 11.3. The molecule has 0 aliphatic heterocycles. The van der Waals surface area contributed by atoms with Crippen molar-refractivity contribution in [2.75, 3.05) is 0 Å². The second-order valence-corrected chi connectivity index (χ2v) is 12.0. The summed E-state index contributed by atoms with van der Waals surface area (Å²) in [5, 5.41) is 0.417. The standard InChI is InChI=1S/C35H56S/c1-8-16-28(3)24-31(6)27-35(36)26-30(5)18-12-10-15-21-34(25-29(4)17-9-2)32(7)22-23-33-19-13-11-14-20-33/h9-11,13,15-17,22-23,31-36H,4-5,8,12,14,18-21,24-27H2,1-3,6-7H3/b15-10+,17-9+,23-22+,28-16?. The van der Waals surface area contributed by atoms with Gasteiger partial charge in [-0.05, 0) is 108 Å². The minimum atomic E-state index is 0.417. The predicted molar refractivity (Wildman–Crippen MR) is 169 cm³/mol. The van der Waals surface area contributed by atoms with Crippen LogP contribution in [-0.4, -0.2) is 5.25 Å². The number of thiol groups is 1. The summed E-state index contributed by atoms with van der Waals surface area (Å²) in [7, 11) is 0. The van der Waals surface area contributed by atoms with E-state index in [2.05, 4.69) is 102 Å². The third-order valence-electron chi connectivity index (χ3n) is 7.36. The molecule has 0 saturated heterocycles. The Bertz CT molecular complexity index is 774. The molecule has 0 amide bonds. The molecule has 0 nitrogen and oxygen atoms in total. The van der Waals surface area contributed by atoms with E-state index in [1.54, 1.807) is 0 Å². The first-order valence-corrected chi connectivity index (χ1v) is 15.1. The molecule has 5 unspecified atom stereocenters. The zero-order valence-corrected chi connectivity index (χ0v) is 25.1. The first-order valence-electron chi connectivity index (χ1n) is 14.5. The molecule has 0 fully saturated rings. The van der Waals surface area contributed by atoms with Crippen LogP contribution in [0.4, 0.5) is 0 Å². The topological polar surface area (TPSA) is 0 Å². The second kappa shape index (κ2) is 19.6. The summed E-state index contributed by atoms with van der Waals surface area (Å²) >= 11 is 4.88. The molecule has 1 aliphatic carbocycles. The number of hydrogen-bond acceptors (Lipinski definition) is 1. The van der Waals surface area contributed by atoms with Gasteiger partial charge >= 0.3 is 0 Å². The van der Waals surface area contributed by atoms with Crippen LogP contribution in [0, 0.1) is 23.7 Å². The molecule has 1 rings (SSSR count). The van der Waals surface area contributed by atoms with Crippen molar-refractivity contribution >= 4 is 12.6 Å². The Labute approximate surface area is 230 Å². The Kier molecular flexibility index (Phi) is 17.7. The molecule has 1 aliphatic rings. The fourth-order valence-electron chi connectivity index (χ4n) is 5.33. The Hall–Kier alpha value is -1.47. The van der Waals surface area contributed by atoms with E-state index in [1.807, 2.05) is 0 Å². The lowest BCUT2D eigenvalue weighted by molar-refractivity contribution is 0.420. The van der Waals surface area contributed by atoms with Crippen molar-refractivity contribution in [1.29, 1.82) is 0 Å². The quantitative estimate of drug-likeness (QED) is 0.106. The van der Waals surface area contributed by atoms with Crippen LogP contribution in [0.2, 0.25) is 0 Å². The molecular formula is C35H56S. The van der Waals surface area contributed by atoms with Crippen molar-refractivity contribution in [1.82, 2.24) is 0 Å². The van der Waals surface area contributed by atoms with E-state index in [0.29, 0.717) is 28.9 Å². The molecule has 0 spiro atoms. The molecule has 0 aromatic carbocycles. The van der Waals surface area contributed by atoms with Crippen LogP contribution in [0.3, 0.4) is 0 Å². The van der Waals surface area contributed by atoms with E-state index < -0.39 is 0 Å². The molecule has 5 atom stereocenters. The molecule has 0 radical (unpaired) electrons. The summed E-state index contributed by atoms with van der Waals surface area (Å²) in [4.78, 5) is 0. The molecule has 202 valence electrons. The largest absolute Gasteiger partial charge is 0.176 e. The summed E-state index contributed by atoms with van der Waals surface area (Å²) in [6, 6.07) is 0. The molecular weight excluding hydrogens is 452 g/mol. The van der Waals surface area contributed by atoms with Gasteiger partial charge in [-0.25, -0.2) is 0 Å². The molecule has 36 heavy (non-hydrogen) atoms. The van der Waals surface area contributed by atoms with Crippen LogP contribution in [-0.2, 0) is 0 Å². The smallest absolute Gasteiger partial charge is 0.00565 e. The lowest BCUT2D eigenvalue weighted by Gasteiger charge is -2.22. The van der Waals surface area contributed by atoms with Gasteiger partial charge in [0.2, 0.25) is 0 Å². The molecule has 1 heteroatoms. The zero-order chi connectivity index (χ0) is 26.8. The highest BCUT2D eigenvalue weighted by molar-refractivity contribution is 7.80. The molecule has 0 aromatic heterocycles. The van der Waals surface area contributed by atoms with Crippen molar-refractivity contribution in [2.45, 2.75) is 110 Å². The normalized spacial score (nSPS) is 20.3. The Morgan fingerprint density at radius 1 is 1.11 bits per heavy atom. The van der Waals surface area contributed by atoms with Crippen LogP contribution in [0.5, 0.6) is 0 Å². The summed E-state index contributed by atoms with van der Waals surface area (Å²) in [5.41, 5.74) is 4.08. The zero-order valence-electron chi connectivity index (χ0n) is 24.2. The van der Waals surface area contributed by atoms with E-state index in [-0.39, 0.29) is 0 Å². The summed E-state index contributed by atoms with van der Waals surface area (Å²) in [6.07, 6.45) is 33.5. The van der Waals surface area contributed by atoms with Gasteiger partial charge in [-0.15, -0.1) is 0 Å². The Morgan fingerprint density at radius 2 is 1.89 bits per heavy atom. The molecule has 0 bridgehead atoms. The maximum Gasteiger partial charge on any atom is 0.00565 e. The van der Waals surface area contributed by atoms with E-state index in [4.69, 9.17) is 12.6 Å². The maximum atomic E-state index is 4.88. The molecule has 0 heterocycles. The summed E-state index contributed by atoms with van der Waals surface area (Å²) < 4.78 is 0. The number of rotatable bonds is 18. The van der Waals surface area contributed by atoms with Gasteiger partial charge in [0.1, 0.15) is 0 Å². The third-order valence-corrected chi connectivity index (χ3v) is 7.75. The third kappa shape index (κ3) is 15.6. The van der Waals surface area contributed by atoms with Crippen molar-refractivity contribution in [2.24, 2.45) is 23.7 Å². The van der Waals surface area contributed by atoms with Crippen molar-refractivity contribution < 1.29 is 0 Å². The maximum absolute atomic E-state index is 4.88. The predicted octanol–water partition coefficient (Wildman–Crippen LogP) is 11.4. The van der Waals surface area contributed by atoms with E-state index >= 15 is 0 Å². The van der Waals surface area contributed by atoms with Gasteiger partial charge in [-0.1, -0.05) is 105 Å². The first-order chi connectivity index (χ1) is 17.2. The van der Waals surface area contributed by atoms with Gasteiger partial charge in [0, 0.05) is 5.25 Å². The SMILES string of the molecule is C=C(/C=C/C)CC(C/C=C/CCC(=C)CC(S)CC(C)CC(C)=CCC)C(C)/C=C/C1CC=CCC1. The van der Waals surface area contributed by atoms with Crippen LogP contribution < -0.4 is 0 Å². The fraction of sp³-hybridized carbons (Fsp3) is 0.600. The number of hydrogen-bond donors (Lipinski definition) is 1. The summed E-state index contributed by atoms with van der Waals surface area (Å²) in [5.74, 6) is 2.55. The molecule has 0 aromatic rings. The minimum absolute atomic E-state index is 0.417. The van der Waals surface area contributed by atoms with Gasteiger partial charge in [-0.3, -0.25) is 0 Å². The van der Waals surface area contributed by atoms with E-state index in [0.717, 1.165) is 44.9 Å². The van der Waals surface area contributed by atoms with Gasteiger partial charge in [0.25, 0.3) is 0 Å². The minimum Gasteiger partial charge on any atom is -0.176 e. The average Bonchev–Trinajstić information content (AvgIpc) is 2.82. The highest BCUT2D eigenvalue weighted by Gasteiger charge is 2.16. The van der Waals surface area contributed by atoms with Gasteiger partial charge in [-0.2, -0.15) is 12.6 Å². The van der Waals surface area contributed by atoms with Gasteiger partial charge in [0.05, 0.1) is 0 Å².